The van der Waals surface area contributed by atoms with Gasteiger partial charge in [0.25, 0.3) is 0 Å². The van der Waals surface area contributed by atoms with E-state index in [9.17, 15) is 4.79 Å². The molecule has 0 aliphatic heterocycles. The molecule has 1 amide bonds. The van der Waals surface area contributed by atoms with E-state index in [2.05, 4.69) is 13.8 Å². The molecule has 1 unspecified atom stereocenters. The molecule has 2 N–H and O–H groups in total. The number of hydrogen-bond acceptors (Lipinski definition) is 2. The first-order valence-corrected chi connectivity index (χ1v) is 5.44. The Morgan fingerprint density at radius 3 is 2.36 bits per heavy atom. The van der Waals surface area contributed by atoms with Gasteiger partial charge in [-0.25, -0.2) is 0 Å². The first kappa shape index (κ1) is 13.4. The van der Waals surface area contributed by atoms with Crippen molar-refractivity contribution >= 4 is 5.91 Å². The zero-order valence-electron chi connectivity index (χ0n) is 9.92. The van der Waals surface area contributed by atoms with Crippen molar-refractivity contribution in [2.45, 2.75) is 33.6 Å². The van der Waals surface area contributed by atoms with Gasteiger partial charge in [-0.15, -0.1) is 0 Å². The van der Waals surface area contributed by atoms with Gasteiger partial charge in [-0.1, -0.05) is 20.8 Å². The minimum absolute atomic E-state index is 0.0425. The summed E-state index contributed by atoms with van der Waals surface area (Å²) in [5.74, 6) is 0.834. The van der Waals surface area contributed by atoms with E-state index in [4.69, 9.17) is 5.73 Å². The first-order chi connectivity index (χ1) is 6.49. The second-order valence-electron chi connectivity index (χ2n) is 4.43. The Bertz CT molecular complexity index is 169. The van der Waals surface area contributed by atoms with E-state index < -0.39 is 0 Å². The minimum Gasteiger partial charge on any atom is -0.345 e. The summed E-state index contributed by atoms with van der Waals surface area (Å²) < 4.78 is 0. The quantitative estimate of drug-likeness (QED) is 0.706. The van der Waals surface area contributed by atoms with E-state index >= 15 is 0 Å². The topological polar surface area (TPSA) is 46.3 Å². The third kappa shape index (κ3) is 5.22. The van der Waals surface area contributed by atoms with Crippen molar-refractivity contribution in [2.75, 3.05) is 20.1 Å². The Morgan fingerprint density at radius 2 is 1.93 bits per heavy atom. The van der Waals surface area contributed by atoms with Crippen LogP contribution in [0, 0.1) is 11.8 Å². The van der Waals surface area contributed by atoms with Crippen LogP contribution in [0.25, 0.3) is 0 Å². The van der Waals surface area contributed by atoms with Crippen LogP contribution < -0.4 is 5.73 Å². The van der Waals surface area contributed by atoms with Gasteiger partial charge in [0.15, 0.2) is 0 Å². The third-order valence-corrected chi connectivity index (χ3v) is 2.43. The van der Waals surface area contributed by atoms with E-state index in [1.807, 2.05) is 14.0 Å². The Hall–Kier alpha value is -0.570. The van der Waals surface area contributed by atoms with Gasteiger partial charge >= 0.3 is 0 Å². The van der Waals surface area contributed by atoms with Crippen LogP contribution in [0.3, 0.4) is 0 Å². The van der Waals surface area contributed by atoms with Crippen LogP contribution in [0.5, 0.6) is 0 Å². The van der Waals surface area contributed by atoms with E-state index in [1.54, 1.807) is 4.90 Å². The highest BCUT2D eigenvalue weighted by Crippen LogP contribution is 2.06. The first-order valence-electron chi connectivity index (χ1n) is 5.44. The van der Waals surface area contributed by atoms with Crippen molar-refractivity contribution in [1.82, 2.24) is 4.90 Å². The lowest BCUT2D eigenvalue weighted by atomic mass is 10.1. The number of carbonyl (C=O) groups excluding carboxylic acids is 1. The molecule has 0 saturated carbocycles. The summed E-state index contributed by atoms with van der Waals surface area (Å²) in [6.07, 6.45) is 2.26. The molecule has 0 fully saturated rings. The maximum Gasteiger partial charge on any atom is 0.226 e. The molecule has 3 nitrogen and oxygen atoms in total. The van der Waals surface area contributed by atoms with E-state index in [1.165, 1.54) is 6.42 Å². The van der Waals surface area contributed by atoms with Crippen LogP contribution in [-0.4, -0.2) is 30.9 Å². The smallest absolute Gasteiger partial charge is 0.226 e. The summed E-state index contributed by atoms with van der Waals surface area (Å²) in [5, 5.41) is 0. The van der Waals surface area contributed by atoms with Crippen LogP contribution in [0.1, 0.15) is 33.6 Å². The van der Waals surface area contributed by atoms with Gasteiger partial charge in [0.1, 0.15) is 0 Å². The summed E-state index contributed by atoms with van der Waals surface area (Å²) in [5.41, 5.74) is 5.44. The average molecular weight is 200 g/mol. The van der Waals surface area contributed by atoms with E-state index in [-0.39, 0.29) is 11.8 Å². The van der Waals surface area contributed by atoms with E-state index in [0.717, 1.165) is 13.0 Å². The zero-order valence-corrected chi connectivity index (χ0v) is 9.92. The molecule has 0 aliphatic rings. The second kappa shape index (κ2) is 6.82. The van der Waals surface area contributed by atoms with Gasteiger partial charge in [-0.2, -0.15) is 0 Å². The molecule has 0 saturated heterocycles. The molecule has 1 atom stereocenters. The molecule has 0 radical (unpaired) electrons. The van der Waals surface area contributed by atoms with Gasteiger partial charge < -0.3 is 10.6 Å². The van der Waals surface area contributed by atoms with Crippen LogP contribution in [0.2, 0.25) is 0 Å². The van der Waals surface area contributed by atoms with Gasteiger partial charge in [0.2, 0.25) is 5.91 Å². The van der Waals surface area contributed by atoms with E-state index in [0.29, 0.717) is 12.5 Å². The maximum absolute atomic E-state index is 11.6. The molecule has 0 bridgehead atoms. The monoisotopic (exact) mass is 200 g/mol. The number of amides is 1. The predicted molar refractivity (Wildman–Crippen MR) is 59.9 cm³/mol. The van der Waals surface area contributed by atoms with Crippen molar-refractivity contribution in [1.29, 1.82) is 0 Å². The Kier molecular flexibility index (Phi) is 6.54. The summed E-state index contributed by atoms with van der Waals surface area (Å²) in [6, 6.07) is 0. The van der Waals surface area contributed by atoms with Gasteiger partial charge in [-0.05, 0) is 18.8 Å². The molecular weight excluding hydrogens is 176 g/mol. The Balaban J connectivity index is 3.73. The molecule has 0 aromatic rings. The van der Waals surface area contributed by atoms with Gasteiger partial charge in [-0.3, -0.25) is 4.79 Å². The van der Waals surface area contributed by atoms with Crippen LogP contribution in [0.15, 0.2) is 0 Å². The molecule has 84 valence electrons. The second-order valence-corrected chi connectivity index (χ2v) is 4.43. The molecule has 0 aliphatic carbocycles. The summed E-state index contributed by atoms with van der Waals surface area (Å²) in [6.45, 7) is 7.56. The number of nitrogens with zero attached hydrogens (tertiary/aromatic N) is 1. The lowest BCUT2D eigenvalue weighted by Crippen LogP contribution is -2.35. The van der Waals surface area contributed by atoms with Crippen molar-refractivity contribution in [3.05, 3.63) is 0 Å². The van der Waals surface area contributed by atoms with Crippen LogP contribution in [-0.2, 0) is 4.79 Å². The third-order valence-electron chi connectivity index (χ3n) is 2.43. The summed E-state index contributed by atoms with van der Waals surface area (Å²) in [4.78, 5) is 13.4. The maximum atomic E-state index is 11.6. The largest absolute Gasteiger partial charge is 0.345 e. The molecule has 3 heteroatoms. The SMILES string of the molecule is CC(C)CCCN(C)C(=O)C(C)CN. The lowest BCUT2D eigenvalue weighted by Gasteiger charge is -2.20. The van der Waals surface area contributed by atoms with Gasteiger partial charge in [0, 0.05) is 26.1 Å². The molecule has 0 aromatic heterocycles. The van der Waals surface area contributed by atoms with Crippen molar-refractivity contribution in [2.24, 2.45) is 17.6 Å². The van der Waals surface area contributed by atoms with Gasteiger partial charge in [0.05, 0.1) is 0 Å². The van der Waals surface area contributed by atoms with Crippen molar-refractivity contribution in [3.63, 3.8) is 0 Å². The predicted octanol–water partition coefficient (Wildman–Crippen LogP) is 1.48. The normalized spacial score (nSPS) is 13.0. The highest BCUT2D eigenvalue weighted by Gasteiger charge is 2.15. The fourth-order valence-electron chi connectivity index (χ4n) is 1.32. The standard InChI is InChI=1S/C11H24N2O/c1-9(2)6-5-7-13(4)11(14)10(3)8-12/h9-10H,5-8,12H2,1-4H3. The highest BCUT2D eigenvalue weighted by atomic mass is 16.2. The Morgan fingerprint density at radius 1 is 1.36 bits per heavy atom. The van der Waals surface area contributed by atoms with Crippen molar-refractivity contribution < 1.29 is 4.79 Å². The minimum atomic E-state index is -0.0425. The highest BCUT2D eigenvalue weighted by molar-refractivity contribution is 5.78. The van der Waals surface area contributed by atoms with Crippen LogP contribution in [0.4, 0.5) is 0 Å². The number of rotatable bonds is 6. The lowest BCUT2D eigenvalue weighted by molar-refractivity contribution is -0.133. The number of nitrogens with two attached hydrogens (primary N) is 1. The molecule has 14 heavy (non-hydrogen) atoms. The number of carbonyl (C=O) groups is 1. The molecule has 0 heterocycles. The average Bonchev–Trinajstić information content (AvgIpc) is 2.14. The Labute approximate surface area is 87.6 Å². The fraction of sp³-hybridized carbons (Fsp3) is 0.909. The zero-order chi connectivity index (χ0) is 11.1. The van der Waals surface area contributed by atoms with Crippen molar-refractivity contribution in [3.8, 4) is 0 Å². The summed E-state index contributed by atoms with van der Waals surface area (Å²) >= 11 is 0. The molecule has 0 rings (SSSR count). The molecule has 0 spiro atoms. The molecular formula is C11H24N2O. The summed E-state index contributed by atoms with van der Waals surface area (Å²) in [7, 11) is 1.86. The fourth-order valence-corrected chi connectivity index (χ4v) is 1.32. The number of hydrogen-bond donors (Lipinski definition) is 1. The molecule has 0 aromatic carbocycles. The van der Waals surface area contributed by atoms with Crippen LogP contribution >= 0.6 is 0 Å².